The van der Waals surface area contributed by atoms with Gasteiger partial charge in [0.15, 0.2) is 5.89 Å². The monoisotopic (exact) mass is 479 g/mol. The number of carbonyl (C=O) groups excluding carboxylic acids is 1. The third kappa shape index (κ3) is 8.31. The molecule has 0 fully saturated rings. The van der Waals surface area contributed by atoms with E-state index >= 15 is 0 Å². The predicted molar refractivity (Wildman–Crippen MR) is 129 cm³/mol. The minimum atomic E-state index is -3.30. The minimum Gasteiger partial charge on any atom is -0.497 e. The first-order chi connectivity index (χ1) is 15.8. The number of benzene rings is 1. The molecule has 0 amide bonds. The molecule has 2 atom stereocenters. The zero-order valence-corrected chi connectivity index (χ0v) is 21.5. The fraction of sp³-hybridized carbons (Fsp3) is 0.600. The van der Waals surface area contributed by atoms with Crippen molar-refractivity contribution in [2.24, 2.45) is 0 Å². The zero-order chi connectivity index (χ0) is 24.3. The molecule has 2 unspecified atom stereocenters. The molecule has 0 aliphatic rings. The van der Waals surface area contributed by atoms with Crippen LogP contribution in [0.15, 0.2) is 28.7 Å². The first-order valence-corrected chi connectivity index (χ1v) is 14.0. The van der Waals surface area contributed by atoms with Crippen molar-refractivity contribution < 1.29 is 27.8 Å². The Morgan fingerprint density at radius 1 is 1.09 bits per heavy atom. The van der Waals surface area contributed by atoms with E-state index in [1.165, 1.54) is 6.66 Å². The predicted octanol–water partition coefficient (Wildman–Crippen LogP) is 5.97. The van der Waals surface area contributed by atoms with Crippen LogP contribution >= 0.6 is 7.37 Å². The summed E-state index contributed by atoms with van der Waals surface area (Å²) in [5.41, 5.74) is 0.769. The van der Waals surface area contributed by atoms with Gasteiger partial charge in [-0.1, -0.05) is 38.8 Å². The summed E-state index contributed by atoms with van der Waals surface area (Å²) in [4.78, 5) is 17.7. The molecule has 0 spiro atoms. The maximum absolute atomic E-state index is 13.3. The van der Waals surface area contributed by atoms with Gasteiger partial charge in [0.25, 0.3) is 0 Å². The number of esters is 1. The number of methoxy groups -OCH3 is 1. The van der Waals surface area contributed by atoms with Crippen molar-refractivity contribution in [3.8, 4) is 5.75 Å². The van der Waals surface area contributed by atoms with Gasteiger partial charge in [0.05, 0.1) is 19.4 Å². The summed E-state index contributed by atoms with van der Waals surface area (Å²) in [5, 5.41) is 0. The Morgan fingerprint density at radius 2 is 1.76 bits per heavy atom. The molecule has 33 heavy (non-hydrogen) atoms. The van der Waals surface area contributed by atoms with E-state index in [-0.39, 0.29) is 19.6 Å². The van der Waals surface area contributed by atoms with E-state index in [2.05, 4.69) is 18.8 Å². The molecule has 1 aromatic heterocycles. The molecule has 0 saturated heterocycles. The highest BCUT2D eigenvalue weighted by Gasteiger charge is 2.38. The van der Waals surface area contributed by atoms with Gasteiger partial charge < -0.3 is 18.4 Å². The molecule has 8 heteroatoms. The Labute approximate surface area is 197 Å². The van der Waals surface area contributed by atoms with E-state index in [0.29, 0.717) is 5.89 Å². The van der Waals surface area contributed by atoms with Crippen LogP contribution in [0.5, 0.6) is 5.75 Å². The highest BCUT2D eigenvalue weighted by molar-refractivity contribution is 7.60. The maximum Gasteiger partial charge on any atom is 0.319 e. The van der Waals surface area contributed by atoms with Crippen LogP contribution in [0, 0.1) is 0 Å². The lowest BCUT2D eigenvalue weighted by Crippen LogP contribution is -2.27. The summed E-state index contributed by atoms with van der Waals surface area (Å²) in [5.74, 6) is 1.43. The van der Waals surface area contributed by atoms with E-state index < -0.39 is 19.0 Å². The third-order valence-corrected chi connectivity index (χ3v) is 7.78. The molecule has 0 bridgehead atoms. The van der Waals surface area contributed by atoms with Crippen molar-refractivity contribution in [3.05, 3.63) is 47.2 Å². The molecule has 1 aromatic carbocycles. The fourth-order valence-electron chi connectivity index (χ4n) is 3.52. The number of hydrogen-bond donors (Lipinski definition) is 0. The van der Waals surface area contributed by atoms with Gasteiger partial charge >= 0.3 is 5.97 Å². The molecule has 184 valence electrons. The van der Waals surface area contributed by atoms with Crippen molar-refractivity contribution in [1.29, 1.82) is 0 Å². The summed E-state index contributed by atoms with van der Waals surface area (Å²) >= 11 is 0. The Kier molecular flexibility index (Phi) is 11.2. The van der Waals surface area contributed by atoms with Gasteiger partial charge in [-0.05, 0) is 43.9 Å². The van der Waals surface area contributed by atoms with E-state index in [9.17, 15) is 9.36 Å². The first-order valence-electron chi connectivity index (χ1n) is 11.8. The van der Waals surface area contributed by atoms with Gasteiger partial charge in [-0.25, -0.2) is 4.98 Å². The van der Waals surface area contributed by atoms with Crippen molar-refractivity contribution in [3.63, 3.8) is 0 Å². The molecule has 2 rings (SSSR count). The number of hydrogen-bond acceptors (Lipinski definition) is 7. The van der Waals surface area contributed by atoms with Crippen LogP contribution in [0.2, 0.25) is 0 Å². The number of aryl methyl sites for hydroxylation is 2. The summed E-state index contributed by atoms with van der Waals surface area (Å²) in [6.45, 7) is 7.82. The molecule has 0 aliphatic heterocycles. The highest BCUT2D eigenvalue weighted by Crippen LogP contribution is 2.49. The van der Waals surface area contributed by atoms with Crippen LogP contribution in [0.3, 0.4) is 0 Å². The summed E-state index contributed by atoms with van der Waals surface area (Å²) in [6.07, 6.45) is 5.87. The van der Waals surface area contributed by atoms with Gasteiger partial charge in [0, 0.05) is 19.5 Å². The van der Waals surface area contributed by atoms with Crippen molar-refractivity contribution in [2.75, 3.05) is 20.4 Å². The Morgan fingerprint density at radius 3 is 2.36 bits per heavy atom. The zero-order valence-electron chi connectivity index (χ0n) is 20.6. The Balaban J connectivity index is 2.19. The van der Waals surface area contributed by atoms with Crippen LogP contribution in [0.1, 0.15) is 69.4 Å². The molecular formula is C25H38NO6P. The number of carbonyl (C=O) groups is 1. The van der Waals surface area contributed by atoms with Gasteiger partial charge in [-0.2, -0.15) is 0 Å². The molecule has 1 heterocycles. The second-order valence-electron chi connectivity index (χ2n) is 8.19. The van der Waals surface area contributed by atoms with Crippen LogP contribution in [-0.4, -0.2) is 37.0 Å². The van der Waals surface area contributed by atoms with E-state index in [0.717, 1.165) is 61.3 Å². The quantitative estimate of drug-likeness (QED) is 0.230. The lowest BCUT2D eigenvalue weighted by Gasteiger charge is -2.21. The van der Waals surface area contributed by atoms with E-state index in [1.54, 1.807) is 26.2 Å². The average molecular weight is 480 g/mol. The van der Waals surface area contributed by atoms with Crippen molar-refractivity contribution in [2.45, 2.75) is 78.0 Å². The summed E-state index contributed by atoms with van der Waals surface area (Å²) in [7, 11) is -1.71. The second-order valence-corrected chi connectivity index (χ2v) is 10.9. The number of rotatable bonds is 15. The molecule has 2 aromatic rings. The largest absolute Gasteiger partial charge is 0.497 e. The molecule has 0 aliphatic carbocycles. The fourth-order valence-corrected chi connectivity index (χ4v) is 5.16. The lowest BCUT2D eigenvalue weighted by molar-refractivity contribution is -0.144. The topological polar surface area (TPSA) is 87.9 Å². The number of nitrogens with zero attached hydrogens (tertiary/aromatic N) is 1. The molecular weight excluding hydrogens is 441 g/mol. The highest BCUT2D eigenvalue weighted by atomic mass is 31.2. The van der Waals surface area contributed by atoms with Gasteiger partial charge in [0.1, 0.15) is 23.8 Å². The summed E-state index contributed by atoms with van der Waals surface area (Å²) in [6, 6.07) is 7.24. The van der Waals surface area contributed by atoms with Crippen LogP contribution < -0.4 is 4.74 Å². The average Bonchev–Trinajstić information content (AvgIpc) is 3.19. The number of unbranched alkanes of at least 4 members (excludes halogenated alkanes) is 2. The summed E-state index contributed by atoms with van der Waals surface area (Å²) < 4.78 is 35.5. The Hall–Kier alpha value is -2.11. The number of aromatic nitrogens is 1. The van der Waals surface area contributed by atoms with Crippen molar-refractivity contribution >= 4 is 13.3 Å². The maximum atomic E-state index is 13.3. The molecule has 0 saturated carbocycles. The van der Waals surface area contributed by atoms with E-state index in [4.69, 9.17) is 18.4 Å². The van der Waals surface area contributed by atoms with Crippen LogP contribution in [0.4, 0.5) is 0 Å². The number of oxazole rings is 1. The minimum absolute atomic E-state index is 0.0700. The molecule has 7 nitrogen and oxygen atoms in total. The van der Waals surface area contributed by atoms with Gasteiger partial charge in [-0.15, -0.1) is 0 Å². The normalized spacial score (nSPS) is 14.0. The van der Waals surface area contributed by atoms with Gasteiger partial charge in [0.2, 0.25) is 7.37 Å². The SMILES string of the molecule is CCCCc1nc(CC(C(=O)OCc2ccc(OC)cc2)P(C)(=O)OCC)oc1CCCC. The number of ether oxygens (including phenoxy) is 2. The Bertz CT molecular complexity index is 883. The van der Waals surface area contributed by atoms with Gasteiger partial charge in [-0.3, -0.25) is 9.36 Å². The van der Waals surface area contributed by atoms with Crippen LogP contribution in [-0.2, 0) is 44.5 Å². The standard InChI is InChI=1S/C25H38NO6P/c1-6-9-11-21-22(12-10-7-2)32-24(26-21)17-23(33(5,28)31-8-3)25(27)30-18-19-13-15-20(29-4)16-14-19/h13-16,23H,6-12,17-18H2,1-5H3. The molecule has 0 radical (unpaired) electrons. The first kappa shape index (κ1) is 27.1. The lowest BCUT2D eigenvalue weighted by atomic mass is 10.1. The smallest absolute Gasteiger partial charge is 0.319 e. The van der Waals surface area contributed by atoms with Crippen LogP contribution in [0.25, 0.3) is 0 Å². The van der Waals surface area contributed by atoms with Crippen molar-refractivity contribution in [1.82, 2.24) is 4.98 Å². The second kappa shape index (κ2) is 13.6. The third-order valence-electron chi connectivity index (χ3n) is 5.48. The van der Waals surface area contributed by atoms with E-state index in [1.807, 2.05) is 12.1 Å². The molecule has 0 N–H and O–H groups in total.